The van der Waals surface area contributed by atoms with Gasteiger partial charge in [-0.05, 0) is 0 Å². The van der Waals surface area contributed by atoms with Crippen molar-refractivity contribution < 1.29 is 319 Å². The van der Waals surface area contributed by atoms with Crippen molar-refractivity contribution in [1.29, 1.82) is 0 Å². The van der Waals surface area contributed by atoms with Crippen molar-refractivity contribution in [3.63, 3.8) is 0 Å². The number of carbonyl (C=O) groups excluding carboxylic acids is 1. The quantitative estimate of drug-likeness (QED) is 0.0253. The van der Waals surface area contributed by atoms with Crippen molar-refractivity contribution in [3.05, 3.63) is 0 Å². The topological polar surface area (TPSA) is 1140 Å². The lowest BCUT2D eigenvalue weighted by Crippen LogP contribution is -2.71. The average Bonchev–Trinajstić information content (AvgIpc) is 0.743. The summed E-state index contributed by atoms with van der Waals surface area (Å²) < 4.78 is 420. The molecule has 8 rings (SSSR count). The van der Waals surface area contributed by atoms with Crippen molar-refractivity contribution in [2.75, 3.05) is 26.4 Å². The van der Waals surface area contributed by atoms with E-state index in [1.807, 2.05) is 5.32 Å². The van der Waals surface area contributed by atoms with Crippen molar-refractivity contribution >= 4 is 123 Å². The van der Waals surface area contributed by atoms with Crippen LogP contribution in [0.2, 0.25) is 0 Å². The molecule has 0 aromatic carbocycles. The van der Waals surface area contributed by atoms with Crippen LogP contribution in [0.5, 0.6) is 0 Å². The number of ether oxygens (including phenoxy) is 15. The number of carboxylic acid groups (broad SMARTS) is 4. The zero-order valence-electron chi connectivity index (χ0n) is 64.2. The molecule has 0 spiro atoms. The van der Waals surface area contributed by atoms with Crippen molar-refractivity contribution in [2.24, 2.45) is 0 Å². The molecule has 8 saturated heterocycles. The summed E-state index contributed by atoms with van der Waals surface area (Å²) in [4.78, 5) is 64.0. The molecule has 132 heavy (non-hydrogen) atoms. The highest BCUT2D eigenvalue weighted by Gasteiger charge is 2.64. The SMILES string of the molecule is CC(=O)N[C@H]1[C@@H](O[C@H]2[C@H](O)[C@H](O)[C@H](O[C@H]3[C@H](O)[C@@H](NS(=O)(=O)O)[C@@H](O[C@H]4[C@H](O)[C@@H](OS(=O)(=O)O)[C@H](O[C@H]5[C@H](O)[C@@H](NS(=O)(=O)O)[C@@H](O[C@H]6[C@H](O)[C@@H](OS(=O)(=O)O)[C@H](O[C@H]7[C@H](O)[C@@H](NS(=O)(=O)O)[C@@H](O[C@H]8[C@H](O)[C@@H](O)[C@H](O)O[C@@H]8C(=O)O)O[C@@H]7COS(=O)(=O)O)O[C@H]6C(=O)O)O[C@@H]5COS(=O)(=O)O)O[C@H]4C(=O)O)O[C@@H]3COS(=O)(=O)O)O[C@@H]2C(=O)O)O[C@H](COS(=O)(=O)O)[C@@H](O)[C@@H]1O. The van der Waals surface area contributed by atoms with Crippen molar-refractivity contribution in [3.8, 4) is 0 Å². The molecule has 8 aliphatic rings. The summed E-state index contributed by atoms with van der Waals surface area (Å²) >= 11 is 0. The van der Waals surface area contributed by atoms with Crippen LogP contribution < -0.4 is 19.5 Å². The van der Waals surface area contributed by atoms with Gasteiger partial charge in [0.2, 0.25) is 5.91 Å². The lowest BCUT2D eigenvalue weighted by Gasteiger charge is -2.50. The molecule has 40 atom stereocenters. The predicted octanol–water partition coefficient (Wildman–Crippen LogP) is -20.8. The number of hydrogen-bond donors (Lipinski definition) is 29. The number of aliphatic carboxylic acids is 4. The van der Waals surface area contributed by atoms with E-state index in [1.54, 1.807) is 0 Å². The van der Waals surface area contributed by atoms with Crippen molar-refractivity contribution in [2.45, 2.75) is 252 Å². The molecular formula is C50H80N4O69S9. The Kier molecular flexibility index (Phi) is 37.0. The molecule has 73 nitrogen and oxygen atoms in total. The third-order valence-electron chi connectivity index (χ3n) is 19.1. The number of rotatable bonds is 41. The highest BCUT2D eigenvalue weighted by molar-refractivity contribution is 7.84. The van der Waals surface area contributed by atoms with Crippen LogP contribution >= 0.6 is 0 Å². The van der Waals surface area contributed by atoms with Gasteiger partial charge >= 0.3 is 117 Å². The first-order chi connectivity index (χ1) is 60.1. The van der Waals surface area contributed by atoms with E-state index in [1.165, 1.54) is 9.44 Å². The zero-order valence-corrected chi connectivity index (χ0v) is 71.6. The minimum atomic E-state index is -6.44. The van der Waals surface area contributed by atoms with Crippen LogP contribution in [0, 0.1) is 0 Å². The fourth-order valence-corrected chi connectivity index (χ4v) is 17.7. The molecule has 8 heterocycles. The first-order valence-corrected chi connectivity index (χ1v) is 47.8. The minimum absolute atomic E-state index is 0.775. The zero-order chi connectivity index (χ0) is 100.0. The molecule has 82 heteroatoms. The van der Waals surface area contributed by atoms with Crippen LogP contribution in [0.1, 0.15) is 6.92 Å². The highest BCUT2D eigenvalue weighted by atomic mass is 32.3. The van der Waals surface area contributed by atoms with Crippen LogP contribution in [0.15, 0.2) is 0 Å². The molecule has 8 fully saturated rings. The second-order valence-corrected chi connectivity index (χ2v) is 38.3. The standard InChI is InChI=1S/C50H80N4O69S9/c1-6(55)51-11-16(57)15(56)7(2-103-127(85,86)87)107-44(11)115-30-21(62)23(64)48(119-36(30)40(69)70)112-26-8(3-104-128(88,89)90)108-46(12(17(26)58)52-124(76,77)78)117-31-24(65)33(122-131(97,98)99)50(120-37(31)41(71)72)114-28-10(5-106-130(94,95)96)110-47(14(19(28)60)54-126(82,83)84)118-32-25(66)34(123-132(100,101)102)49(121-38(32)42(73)74)113-27-9(4-105-129(91,92)93)109-45(13(18(27)59)53-125(79,80)81)116-29-20(61)22(63)43(75)111-35(29)39(67)68/h7-38,43-50,52-54,56-66,75H,2-5H2,1H3,(H,51,55)(H,67,68)(H,69,70)(H,71,72)(H,73,74)(H,76,77,78)(H,79,80,81)(H,82,83,84)(H,85,86,87)(H,88,89,90)(H,91,92,93)(H,94,95,96)(H,97,98,99)(H,100,101,102)/t7-,8-,9-,10-,11-,12-,13-,14-,15-,16-,17-,18-,19-,20-,21-,22-,23+,24+,25+,26-,27-,28-,29+,30+,31+,32+,33-,34-,35+,36+,37-,38-,43-,44-,45-,46-,47-,48-,49-,50-/m1/s1. The summed E-state index contributed by atoms with van der Waals surface area (Å²) in [6, 6.07) is -11.4. The fourth-order valence-electron chi connectivity index (χ4n) is 13.7. The molecule has 0 saturated carbocycles. The van der Waals surface area contributed by atoms with Crippen LogP contribution in [-0.4, -0.2) is 500 Å². The Balaban J connectivity index is 1.12. The number of aliphatic hydroxyl groups excluding tert-OH is 12. The molecule has 0 radical (unpaired) electrons. The Morgan fingerprint density at radius 3 is 0.788 bits per heavy atom. The minimum Gasteiger partial charge on any atom is -0.479 e. The molecule has 768 valence electrons. The van der Waals surface area contributed by atoms with Crippen LogP contribution in [-0.2, 0) is 213 Å². The van der Waals surface area contributed by atoms with Crippen LogP contribution in [0.4, 0.5) is 0 Å². The lowest BCUT2D eigenvalue weighted by atomic mass is 9.94. The van der Waals surface area contributed by atoms with E-state index in [-0.39, 0.29) is 0 Å². The molecule has 0 aromatic rings. The predicted molar refractivity (Wildman–Crippen MR) is 378 cm³/mol. The van der Waals surface area contributed by atoms with E-state index in [0.29, 0.717) is 0 Å². The first kappa shape index (κ1) is 112. The van der Waals surface area contributed by atoms with Gasteiger partial charge in [-0.15, -0.1) is 0 Å². The fraction of sp³-hybridized carbons (Fsp3) is 0.900. The Bertz CT molecular complexity index is 5140. The second-order valence-electron chi connectivity index (χ2n) is 28.3. The molecule has 0 unspecified atom stereocenters. The third kappa shape index (κ3) is 30.3. The molecule has 0 aliphatic carbocycles. The molecule has 0 aromatic heterocycles. The number of amides is 1. The van der Waals surface area contributed by atoms with Gasteiger partial charge in [0.05, 0.1) is 26.4 Å². The van der Waals surface area contributed by atoms with Gasteiger partial charge in [-0.2, -0.15) is 89.9 Å². The van der Waals surface area contributed by atoms with Gasteiger partial charge in [0.1, 0.15) is 158 Å². The van der Waals surface area contributed by atoms with Gasteiger partial charge in [0, 0.05) is 6.92 Å². The van der Waals surface area contributed by atoms with E-state index in [9.17, 15) is 218 Å². The summed E-state index contributed by atoms with van der Waals surface area (Å²) in [6.07, 6.45) is -108. The van der Waals surface area contributed by atoms with Crippen LogP contribution in [0.25, 0.3) is 0 Å². The van der Waals surface area contributed by atoms with E-state index in [2.05, 4.69) is 29.8 Å². The van der Waals surface area contributed by atoms with Gasteiger partial charge in [-0.25, -0.2) is 44.3 Å². The second kappa shape index (κ2) is 43.5. The average molecular weight is 2130 g/mol. The smallest absolute Gasteiger partial charge is 0.397 e. The third-order valence-corrected chi connectivity index (χ3v) is 23.5. The van der Waals surface area contributed by atoms with Gasteiger partial charge in [0.15, 0.2) is 86.9 Å². The van der Waals surface area contributed by atoms with Gasteiger partial charge in [-0.1, -0.05) is 0 Å². The van der Waals surface area contributed by atoms with E-state index in [0.717, 1.165) is 11.6 Å². The van der Waals surface area contributed by atoms with Crippen molar-refractivity contribution in [1.82, 2.24) is 19.5 Å². The van der Waals surface area contributed by atoms with Gasteiger partial charge in [-0.3, -0.25) is 45.8 Å². The summed E-state index contributed by atoms with van der Waals surface area (Å²) in [7, 11) is -54.2. The first-order valence-electron chi connectivity index (χ1n) is 35.3. The molecular weight excluding hydrogens is 2050 g/mol. The maximum absolute atomic E-state index is 13.4. The van der Waals surface area contributed by atoms with Gasteiger partial charge < -0.3 is 158 Å². The summed E-state index contributed by atoms with van der Waals surface area (Å²) in [6.45, 7) is -6.56. The number of carboxylic acids is 4. The van der Waals surface area contributed by atoms with E-state index in [4.69, 9.17) is 70.9 Å². The Morgan fingerprint density at radius 1 is 0.258 bits per heavy atom. The highest BCUT2D eigenvalue weighted by Crippen LogP contribution is 2.42. The Morgan fingerprint density at radius 2 is 0.508 bits per heavy atom. The van der Waals surface area contributed by atoms with Gasteiger partial charge in [0.25, 0.3) is 0 Å². The summed E-state index contributed by atoms with van der Waals surface area (Å²) in [5.41, 5.74) is 0. The summed E-state index contributed by atoms with van der Waals surface area (Å²) in [5.74, 6) is -10.9. The van der Waals surface area contributed by atoms with E-state index >= 15 is 0 Å². The monoisotopic (exact) mass is 2130 g/mol. The Hall–Kier alpha value is -4.90. The number of nitrogens with one attached hydrogen (secondary N) is 4. The largest absolute Gasteiger partial charge is 0.479 e. The maximum atomic E-state index is 13.4. The number of hydrogen-bond acceptors (Lipinski definition) is 56. The van der Waals surface area contributed by atoms with E-state index < -0.39 is 395 Å². The summed E-state index contributed by atoms with van der Waals surface area (Å²) in [5, 5.41) is 179. The molecule has 8 aliphatic heterocycles. The molecule has 1 amide bonds. The van der Waals surface area contributed by atoms with Crippen LogP contribution in [0.3, 0.4) is 0 Å². The lowest BCUT2D eigenvalue weighted by molar-refractivity contribution is -0.379. The molecule has 0 bridgehead atoms. The normalized spacial score (nSPS) is 40.9. The maximum Gasteiger partial charge on any atom is 0.397 e. The Labute approximate surface area is 736 Å². The molecule has 29 N–H and O–H groups in total. The number of carbonyl (C=O) groups is 5. The number of aliphatic hydroxyl groups is 12.